The minimum absolute atomic E-state index is 0.0177. The molecule has 1 aromatic carbocycles. The third-order valence-corrected chi connectivity index (χ3v) is 5.61. The highest BCUT2D eigenvalue weighted by Crippen LogP contribution is 2.34. The van der Waals surface area contributed by atoms with Gasteiger partial charge in [-0.1, -0.05) is 0 Å². The number of hydrogen-bond acceptors (Lipinski definition) is 6. The van der Waals surface area contributed by atoms with Crippen LogP contribution in [0, 0.1) is 17.2 Å². The lowest BCUT2D eigenvalue weighted by Crippen LogP contribution is -2.42. The first-order chi connectivity index (χ1) is 16.6. The zero-order chi connectivity index (χ0) is 27.3. The van der Waals surface area contributed by atoms with Crippen LogP contribution >= 0.6 is 0 Å². The summed E-state index contributed by atoms with van der Waals surface area (Å²) in [4.78, 5) is 31.0. The number of anilines is 1. The molecular weight excluding hydrogens is 475 g/mol. The van der Waals surface area contributed by atoms with E-state index in [0.29, 0.717) is 31.5 Å². The number of nitrogens with two attached hydrogens (primary N) is 1. The summed E-state index contributed by atoms with van der Waals surface area (Å²) in [5, 5.41) is 11.4. The van der Waals surface area contributed by atoms with E-state index in [4.69, 9.17) is 15.7 Å². The van der Waals surface area contributed by atoms with Gasteiger partial charge >= 0.3 is 12.3 Å². The lowest BCUT2D eigenvalue weighted by molar-refractivity contribution is -0.137. The molecule has 8 nitrogen and oxygen atoms in total. The summed E-state index contributed by atoms with van der Waals surface area (Å²) in [6.07, 6.45) is -0.949. The molecule has 1 aliphatic rings. The minimum Gasteiger partial charge on any atom is -0.444 e. The number of nitrogens with one attached hydrogen (secondary N) is 1. The van der Waals surface area contributed by atoms with E-state index < -0.39 is 34.4 Å². The van der Waals surface area contributed by atoms with E-state index in [1.807, 2.05) is 0 Å². The van der Waals surface area contributed by atoms with Crippen LogP contribution in [0.15, 0.2) is 35.0 Å². The molecule has 11 heteroatoms. The topological polar surface area (TPSA) is 121 Å². The van der Waals surface area contributed by atoms with Gasteiger partial charge in [0.15, 0.2) is 0 Å². The van der Waals surface area contributed by atoms with Crippen molar-refractivity contribution in [3.05, 3.63) is 41.1 Å². The molecule has 0 aliphatic carbocycles. The number of rotatable bonds is 5. The van der Waals surface area contributed by atoms with E-state index in [0.717, 1.165) is 12.1 Å². The van der Waals surface area contributed by atoms with Crippen molar-refractivity contribution < 1.29 is 27.5 Å². The Morgan fingerprint density at radius 1 is 1.19 bits per heavy atom. The monoisotopic (exact) mass is 507 g/mol. The van der Waals surface area contributed by atoms with E-state index in [1.54, 1.807) is 25.7 Å². The molecule has 2 rings (SSSR count). The molecule has 3 N–H and O–H groups in total. The molecule has 0 saturated carbocycles. The van der Waals surface area contributed by atoms with Crippen molar-refractivity contribution in [1.29, 1.82) is 5.26 Å². The average molecular weight is 508 g/mol. The number of aliphatic imine (C=N–C) groups is 1. The average Bonchev–Trinajstić information content (AvgIpc) is 2.78. The summed E-state index contributed by atoms with van der Waals surface area (Å²) < 4.78 is 45.1. The number of amides is 2. The number of nitriles is 1. The summed E-state index contributed by atoms with van der Waals surface area (Å²) in [6.45, 7) is 9.41. The van der Waals surface area contributed by atoms with Gasteiger partial charge in [0, 0.05) is 25.0 Å². The zero-order valence-electron chi connectivity index (χ0n) is 21.1. The van der Waals surface area contributed by atoms with Crippen molar-refractivity contribution in [2.75, 3.05) is 18.4 Å². The largest absolute Gasteiger partial charge is 0.444 e. The van der Waals surface area contributed by atoms with Gasteiger partial charge in [-0.05, 0) is 83.4 Å². The van der Waals surface area contributed by atoms with E-state index in [1.165, 1.54) is 38.4 Å². The fourth-order valence-corrected chi connectivity index (χ4v) is 3.54. The van der Waals surface area contributed by atoms with Crippen LogP contribution in [0.2, 0.25) is 0 Å². The zero-order valence-corrected chi connectivity index (χ0v) is 21.1. The number of hydrogen-bond donors (Lipinski definition) is 2. The summed E-state index contributed by atoms with van der Waals surface area (Å²) in [5.41, 5.74) is 2.83. The number of alkyl halides is 3. The van der Waals surface area contributed by atoms with Crippen molar-refractivity contribution in [2.45, 2.75) is 64.8 Å². The fourth-order valence-electron chi connectivity index (χ4n) is 3.54. The number of halogens is 3. The van der Waals surface area contributed by atoms with E-state index in [-0.39, 0.29) is 17.7 Å². The first kappa shape index (κ1) is 28.7. The van der Waals surface area contributed by atoms with Gasteiger partial charge in [-0.15, -0.1) is 0 Å². The number of carbonyl (C=O) groups is 2. The van der Waals surface area contributed by atoms with Crippen molar-refractivity contribution in [2.24, 2.45) is 16.6 Å². The maximum atomic E-state index is 13.2. The fraction of sp³-hybridized carbons (Fsp3) is 0.520. The molecule has 0 atom stereocenters. The predicted octanol–water partition coefficient (Wildman–Crippen LogP) is 4.85. The van der Waals surface area contributed by atoms with Gasteiger partial charge in [-0.3, -0.25) is 9.79 Å². The second kappa shape index (κ2) is 11.0. The van der Waals surface area contributed by atoms with Gasteiger partial charge < -0.3 is 20.7 Å². The Labute approximate surface area is 209 Å². The molecule has 0 radical (unpaired) electrons. The van der Waals surface area contributed by atoms with Gasteiger partial charge in [0.2, 0.25) is 0 Å². The van der Waals surface area contributed by atoms with Crippen LogP contribution < -0.4 is 11.1 Å². The van der Waals surface area contributed by atoms with Crippen LogP contribution in [0.1, 0.15) is 58.6 Å². The number of piperidine rings is 1. The first-order valence-electron chi connectivity index (χ1n) is 11.4. The Balaban J connectivity index is 2.05. The Bertz CT molecular complexity index is 1070. The maximum absolute atomic E-state index is 13.2. The molecule has 1 aliphatic heterocycles. The van der Waals surface area contributed by atoms with Crippen LogP contribution in [0.3, 0.4) is 0 Å². The van der Waals surface area contributed by atoms with Gasteiger partial charge in [0.1, 0.15) is 11.1 Å². The summed E-state index contributed by atoms with van der Waals surface area (Å²) >= 11 is 0. The number of ether oxygens (including phenoxy) is 1. The third-order valence-electron chi connectivity index (χ3n) is 5.61. The maximum Gasteiger partial charge on any atom is 0.417 e. The summed E-state index contributed by atoms with van der Waals surface area (Å²) in [7, 11) is 0. The van der Waals surface area contributed by atoms with Crippen LogP contribution in [-0.4, -0.2) is 47.3 Å². The van der Waals surface area contributed by atoms with E-state index in [2.05, 4.69) is 10.3 Å². The number of likely N-dealkylation sites (tertiary alicyclic amines) is 1. The Morgan fingerprint density at radius 3 is 2.31 bits per heavy atom. The SMILES string of the molecule is CC(C)(C)OC(=O)N1CCC(C(C=NC(C)(C)C(=O)Nc2ccc(C#N)c(C(F)(F)F)c2)=CN)CC1. The third kappa shape index (κ3) is 7.73. The van der Waals surface area contributed by atoms with Gasteiger partial charge in [0.05, 0.1) is 17.2 Å². The van der Waals surface area contributed by atoms with Crippen molar-refractivity contribution >= 4 is 23.9 Å². The highest BCUT2D eigenvalue weighted by molar-refractivity contribution is 5.99. The van der Waals surface area contributed by atoms with E-state index >= 15 is 0 Å². The molecule has 0 unspecified atom stereocenters. The van der Waals surface area contributed by atoms with Crippen molar-refractivity contribution in [1.82, 2.24) is 4.90 Å². The standard InChI is InChI=1S/C25H32F3N5O3/c1-23(2,3)36-22(35)33-10-8-16(9-11-33)18(14-30)15-31-24(4,5)21(34)32-19-7-6-17(13-29)20(12-19)25(26,27)28/h6-7,12,14-16H,8-11,30H2,1-5H3,(H,32,34). The van der Waals surface area contributed by atoms with Crippen LogP contribution in [-0.2, 0) is 15.7 Å². The van der Waals surface area contributed by atoms with Gasteiger partial charge in [-0.25, -0.2) is 4.79 Å². The molecule has 196 valence electrons. The molecule has 0 aromatic heterocycles. The molecule has 0 spiro atoms. The second-order valence-electron chi connectivity index (χ2n) is 10.0. The molecule has 2 amide bonds. The predicted molar refractivity (Wildman–Crippen MR) is 130 cm³/mol. The molecule has 1 fully saturated rings. The number of carbonyl (C=O) groups excluding carboxylic acids is 2. The molecule has 1 heterocycles. The van der Waals surface area contributed by atoms with Crippen LogP contribution in [0.5, 0.6) is 0 Å². The lowest BCUT2D eigenvalue weighted by Gasteiger charge is -2.33. The number of allylic oxidation sites excluding steroid dienone is 1. The quantitative estimate of drug-likeness (QED) is 0.552. The Morgan fingerprint density at radius 2 is 1.81 bits per heavy atom. The summed E-state index contributed by atoms with van der Waals surface area (Å²) in [5.74, 6) is -0.614. The second-order valence-corrected chi connectivity index (χ2v) is 10.0. The molecule has 1 aromatic rings. The van der Waals surface area contributed by atoms with Gasteiger partial charge in [0.25, 0.3) is 5.91 Å². The van der Waals surface area contributed by atoms with Crippen molar-refractivity contribution in [3.63, 3.8) is 0 Å². The summed E-state index contributed by atoms with van der Waals surface area (Å²) in [6, 6.07) is 4.46. The highest BCUT2D eigenvalue weighted by Gasteiger charge is 2.35. The van der Waals surface area contributed by atoms with Gasteiger partial charge in [-0.2, -0.15) is 18.4 Å². The number of benzene rings is 1. The smallest absolute Gasteiger partial charge is 0.417 e. The van der Waals surface area contributed by atoms with Crippen LogP contribution in [0.25, 0.3) is 0 Å². The molecule has 0 bridgehead atoms. The normalized spacial score (nSPS) is 16.1. The molecule has 36 heavy (non-hydrogen) atoms. The Kier molecular flexibility index (Phi) is 8.78. The minimum atomic E-state index is -4.74. The van der Waals surface area contributed by atoms with Crippen LogP contribution in [0.4, 0.5) is 23.7 Å². The highest BCUT2D eigenvalue weighted by atomic mass is 19.4. The lowest BCUT2D eigenvalue weighted by atomic mass is 9.90. The molecular formula is C25H32F3N5O3. The Hall–Kier alpha value is -3.55. The first-order valence-corrected chi connectivity index (χ1v) is 11.4. The molecule has 1 saturated heterocycles. The van der Waals surface area contributed by atoms with Crippen molar-refractivity contribution in [3.8, 4) is 6.07 Å². The number of nitrogens with zero attached hydrogens (tertiary/aromatic N) is 3. The van der Waals surface area contributed by atoms with E-state index in [9.17, 15) is 22.8 Å².